The Balaban J connectivity index is 2.56. The Kier molecular flexibility index (Phi) is 7.50. The third-order valence-corrected chi connectivity index (χ3v) is 5.66. The highest BCUT2D eigenvalue weighted by atomic mass is 16.3. The van der Waals surface area contributed by atoms with E-state index in [0.717, 1.165) is 18.4 Å². The highest BCUT2D eigenvalue weighted by Crippen LogP contribution is 2.46. The van der Waals surface area contributed by atoms with Crippen LogP contribution in [0.1, 0.15) is 72.6 Å². The van der Waals surface area contributed by atoms with Crippen molar-refractivity contribution >= 4 is 0 Å². The van der Waals surface area contributed by atoms with E-state index in [1.807, 2.05) is 6.92 Å². The van der Waals surface area contributed by atoms with Gasteiger partial charge in [-0.3, -0.25) is 0 Å². The first-order chi connectivity index (χ1) is 10.6. The fourth-order valence-electron chi connectivity index (χ4n) is 3.80. The third kappa shape index (κ3) is 6.06. The van der Waals surface area contributed by atoms with E-state index in [9.17, 15) is 10.2 Å². The van der Waals surface area contributed by atoms with Crippen molar-refractivity contribution in [2.24, 2.45) is 11.3 Å². The van der Waals surface area contributed by atoms with Crippen LogP contribution in [0.25, 0.3) is 0 Å². The van der Waals surface area contributed by atoms with Gasteiger partial charge in [-0.05, 0) is 70.1 Å². The molecule has 0 amide bonds. The average Bonchev–Trinajstić information content (AvgIpc) is 2.43. The molecule has 134 valence electrons. The van der Waals surface area contributed by atoms with E-state index in [0.29, 0.717) is 25.2 Å². The molecule has 1 fully saturated rings. The predicted octanol–water partition coefficient (Wildman–Crippen LogP) is 3.98. The molecule has 1 rings (SSSR count). The highest BCUT2D eigenvalue weighted by molar-refractivity contribution is 5.09. The van der Waals surface area contributed by atoms with Gasteiger partial charge in [0.2, 0.25) is 0 Å². The Morgan fingerprint density at radius 3 is 2.70 bits per heavy atom. The summed E-state index contributed by atoms with van der Waals surface area (Å²) < 4.78 is 0. The van der Waals surface area contributed by atoms with Gasteiger partial charge < -0.3 is 15.3 Å². The lowest BCUT2D eigenvalue weighted by atomic mass is 9.64. The van der Waals surface area contributed by atoms with Crippen LogP contribution in [0.2, 0.25) is 0 Å². The molecule has 1 saturated carbocycles. The summed E-state index contributed by atoms with van der Waals surface area (Å²) in [7, 11) is 0. The van der Waals surface area contributed by atoms with Crippen molar-refractivity contribution in [3.8, 4) is 0 Å². The van der Waals surface area contributed by atoms with Crippen LogP contribution in [0.3, 0.4) is 0 Å². The number of hydrogen-bond acceptors (Lipinski definition) is 3. The maximum Gasteiger partial charge on any atom is 0.0877 e. The van der Waals surface area contributed by atoms with Gasteiger partial charge in [-0.2, -0.15) is 0 Å². The van der Waals surface area contributed by atoms with E-state index in [-0.39, 0.29) is 12.0 Å². The minimum atomic E-state index is -1.08. The third-order valence-electron chi connectivity index (χ3n) is 5.66. The van der Waals surface area contributed by atoms with Crippen LogP contribution in [-0.4, -0.2) is 33.6 Å². The zero-order valence-corrected chi connectivity index (χ0v) is 15.4. The van der Waals surface area contributed by atoms with E-state index >= 15 is 0 Å². The summed E-state index contributed by atoms with van der Waals surface area (Å²) in [6.07, 6.45) is 7.17. The Hall–Kier alpha value is -0.640. The molecule has 0 radical (unpaired) electrons. The molecular weight excluding hydrogens is 288 g/mol. The molecule has 3 nitrogen and oxygen atoms in total. The second kappa shape index (κ2) is 8.46. The zero-order valence-electron chi connectivity index (χ0n) is 15.4. The largest absolute Gasteiger partial charge is 0.392 e. The molecule has 0 spiro atoms. The number of hydrogen-bond donors (Lipinski definition) is 3. The van der Waals surface area contributed by atoms with Crippen molar-refractivity contribution in [3.63, 3.8) is 0 Å². The van der Waals surface area contributed by atoms with Gasteiger partial charge in [0.15, 0.2) is 0 Å². The van der Waals surface area contributed by atoms with Crippen LogP contribution < -0.4 is 0 Å². The summed E-state index contributed by atoms with van der Waals surface area (Å²) in [5, 5.41) is 29.9. The van der Waals surface area contributed by atoms with Gasteiger partial charge in [-0.1, -0.05) is 37.6 Å². The molecule has 0 heterocycles. The molecule has 0 aromatic carbocycles. The smallest absolute Gasteiger partial charge is 0.0877 e. The number of rotatable bonds is 8. The van der Waals surface area contributed by atoms with E-state index in [1.165, 1.54) is 18.4 Å². The SMILES string of the molecule is C=C1CCCC(C)(C)C1CCC(C)(O)C(O)CCC(C)=CCO. The van der Waals surface area contributed by atoms with E-state index in [4.69, 9.17) is 5.11 Å². The first kappa shape index (κ1) is 20.4. The van der Waals surface area contributed by atoms with Crippen molar-refractivity contribution < 1.29 is 15.3 Å². The lowest BCUT2D eigenvalue weighted by Gasteiger charge is -2.42. The van der Waals surface area contributed by atoms with Crippen molar-refractivity contribution in [2.45, 2.75) is 84.3 Å². The van der Waals surface area contributed by atoms with Crippen molar-refractivity contribution in [2.75, 3.05) is 6.61 Å². The zero-order chi connectivity index (χ0) is 17.7. The standard InChI is InChI=1S/C20H36O3/c1-15(11-14-21)8-9-18(22)20(5,23)13-10-17-16(2)7-6-12-19(17,3)4/h11,17-18,21-23H,2,6-10,12-14H2,1,3-5H3. The van der Waals surface area contributed by atoms with E-state index in [1.54, 1.807) is 13.0 Å². The highest BCUT2D eigenvalue weighted by Gasteiger charge is 2.37. The van der Waals surface area contributed by atoms with E-state index in [2.05, 4.69) is 20.4 Å². The molecule has 3 atom stereocenters. The van der Waals surface area contributed by atoms with E-state index < -0.39 is 11.7 Å². The number of aliphatic hydroxyl groups excluding tert-OH is 2. The summed E-state index contributed by atoms with van der Waals surface area (Å²) in [4.78, 5) is 0. The predicted molar refractivity (Wildman–Crippen MR) is 96.2 cm³/mol. The first-order valence-electron chi connectivity index (χ1n) is 8.95. The molecule has 0 saturated heterocycles. The van der Waals surface area contributed by atoms with Gasteiger partial charge >= 0.3 is 0 Å². The van der Waals surface area contributed by atoms with Gasteiger partial charge in [0.1, 0.15) is 0 Å². The Morgan fingerprint density at radius 2 is 2.13 bits per heavy atom. The second-order valence-electron chi connectivity index (χ2n) is 8.24. The van der Waals surface area contributed by atoms with Crippen LogP contribution >= 0.6 is 0 Å². The van der Waals surface area contributed by atoms with Crippen molar-refractivity contribution in [3.05, 3.63) is 23.8 Å². The molecule has 3 heteroatoms. The summed E-state index contributed by atoms with van der Waals surface area (Å²) in [5.74, 6) is 0.422. The van der Waals surface area contributed by atoms with Crippen LogP contribution in [0, 0.1) is 11.3 Å². The fourth-order valence-corrected chi connectivity index (χ4v) is 3.80. The second-order valence-corrected chi connectivity index (χ2v) is 8.24. The molecule has 0 aromatic rings. The minimum absolute atomic E-state index is 0.0250. The first-order valence-corrected chi connectivity index (χ1v) is 8.95. The molecule has 1 aliphatic carbocycles. The van der Waals surface area contributed by atoms with Gasteiger partial charge in [0.05, 0.1) is 18.3 Å². The fraction of sp³-hybridized carbons (Fsp3) is 0.800. The minimum Gasteiger partial charge on any atom is -0.392 e. The van der Waals surface area contributed by atoms with Crippen LogP contribution in [0.4, 0.5) is 0 Å². The normalized spacial score (nSPS) is 26.0. The van der Waals surface area contributed by atoms with Gasteiger partial charge in [-0.15, -0.1) is 0 Å². The Bertz CT molecular complexity index is 421. The summed E-state index contributed by atoms with van der Waals surface area (Å²) in [6.45, 7) is 12.5. The molecule has 23 heavy (non-hydrogen) atoms. The van der Waals surface area contributed by atoms with Gasteiger partial charge in [-0.25, -0.2) is 0 Å². The van der Waals surface area contributed by atoms with Crippen LogP contribution in [0.15, 0.2) is 23.8 Å². The number of allylic oxidation sites excluding steroid dienone is 2. The molecule has 0 bridgehead atoms. The maximum absolute atomic E-state index is 10.7. The lowest BCUT2D eigenvalue weighted by molar-refractivity contribution is -0.0748. The topological polar surface area (TPSA) is 60.7 Å². The van der Waals surface area contributed by atoms with Crippen LogP contribution in [-0.2, 0) is 0 Å². The lowest BCUT2D eigenvalue weighted by Crippen LogP contribution is -2.41. The average molecular weight is 325 g/mol. The molecule has 3 N–H and O–H groups in total. The summed E-state index contributed by atoms with van der Waals surface area (Å²) in [6, 6.07) is 0. The summed E-state index contributed by atoms with van der Waals surface area (Å²) in [5.41, 5.74) is 1.50. The van der Waals surface area contributed by atoms with Crippen LogP contribution in [0.5, 0.6) is 0 Å². The van der Waals surface area contributed by atoms with Gasteiger partial charge in [0.25, 0.3) is 0 Å². The molecule has 3 unspecified atom stereocenters. The molecular formula is C20H36O3. The molecule has 1 aliphatic rings. The Morgan fingerprint density at radius 1 is 1.48 bits per heavy atom. The van der Waals surface area contributed by atoms with Crippen molar-refractivity contribution in [1.29, 1.82) is 0 Å². The Labute approximate surface area is 142 Å². The van der Waals surface area contributed by atoms with Gasteiger partial charge in [0, 0.05) is 0 Å². The number of aliphatic hydroxyl groups is 3. The molecule has 0 aromatic heterocycles. The quantitative estimate of drug-likeness (QED) is 0.592. The molecule has 0 aliphatic heterocycles. The monoisotopic (exact) mass is 324 g/mol. The van der Waals surface area contributed by atoms with Crippen molar-refractivity contribution in [1.82, 2.24) is 0 Å². The maximum atomic E-state index is 10.7. The summed E-state index contributed by atoms with van der Waals surface area (Å²) >= 11 is 0.